The molecule has 7 heteroatoms. The van der Waals surface area contributed by atoms with E-state index in [-0.39, 0.29) is 17.5 Å². The van der Waals surface area contributed by atoms with Gasteiger partial charge >= 0.3 is 0 Å². The van der Waals surface area contributed by atoms with Crippen molar-refractivity contribution in [3.8, 4) is 0 Å². The number of guanidine groups is 1. The van der Waals surface area contributed by atoms with Crippen LogP contribution in [0.4, 0.5) is 8.78 Å². The number of hydrogen-bond acceptors (Lipinski definition) is 4. The Labute approximate surface area is 188 Å². The van der Waals surface area contributed by atoms with Crippen LogP contribution in [-0.4, -0.2) is 66.8 Å². The molecule has 2 aliphatic heterocycles. The van der Waals surface area contributed by atoms with E-state index in [1.807, 2.05) is 19.0 Å². The Morgan fingerprint density at radius 2 is 1.41 bits per heavy atom. The van der Waals surface area contributed by atoms with Crippen molar-refractivity contribution in [2.45, 2.75) is 31.2 Å². The third kappa shape index (κ3) is 4.26. The zero-order valence-electron chi connectivity index (χ0n) is 18.7. The van der Waals surface area contributed by atoms with Gasteiger partial charge in [0.2, 0.25) is 5.96 Å². The number of nitrogens with zero attached hydrogens (tertiary/aromatic N) is 4. The van der Waals surface area contributed by atoms with Gasteiger partial charge in [0, 0.05) is 20.6 Å². The van der Waals surface area contributed by atoms with Gasteiger partial charge < -0.3 is 9.80 Å². The molecule has 0 saturated carbocycles. The Hall–Kier alpha value is -2.80. The lowest BCUT2D eigenvalue weighted by Crippen LogP contribution is -2.46. The summed E-state index contributed by atoms with van der Waals surface area (Å²) in [6.07, 6.45) is 4.58. The highest BCUT2D eigenvalue weighted by Crippen LogP contribution is 2.40. The fourth-order valence-corrected chi connectivity index (χ4v) is 4.65. The number of benzene rings is 2. The summed E-state index contributed by atoms with van der Waals surface area (Å²) in [6.45, 7) is 3.69. The van der Waals surface area contributed by atoms with Gasteiger partial charge in [-0.15, -0.1) is 0 Å². The summed E-state index contributed by atoms with van der Waals surface area (Å²) in [4.78, 5) is 24.9. The highest BCUT2D eigenvalue weighted by atomic mass is 19.1. The zero-order chi connectivity index (χ0) is 22.7. The van der Waals surface area contributed by atoms with E-state index in [1.165, 1.54) is 43.5 Å². The first-order valence-electron chi connectivity index (χ1n) is 11.3. The minimum atomic E-state index is -1.37. The van der Waals surface area contributed by atoms with Crippen molar-refractivity contribution >= 4 is 11.9 Å². The second kappa shape index (κ2) is 9.36. The van der Waals surface area contributed by atoms with Gasteiger partial charge in [-0.1, -0.05) is 30.7 Å². The maximum Gasteiger partial charge on any atom is 0.266 e. The number of carbonyl (C=O) groups excluding carboxylic acids is 1. The largest absolute Gasteiger partial charge is 0.349 e. The molecule has 0 aromatic heterocycles. The number of carbonyl (C=O) groups is 1. The van der Waals surface area contributed by atoms with Crippen molar-refractivity contribution in [2.24, 2.45) is 4.99 Å². The summed E-state index contributed by atoms with van der Waals surface area (Å²) in [5.74, 6) is -0.410. The molecule has 2 aromatic rings. The molecule has 170 valence electrons. The zero-order valence-corrected chi connectivity index (χ0v) is 18.7. The van der Waals surface area contributed by atoms with E-state index in [0.717, 1.165) is 26.1 Å². The van der Waals surface area contributed by atoms with Gasteiger partial charge in [0.05, 0.1) is 0 Å². The molecule has 0 unspecified atom stereocenters. The smallest absolute Gasteiger partial charge is 0.266 e. The number of likely N-dealkylation sites (tertiary alicyclic amines) is 1. The fraction of sp³-hybridized carbons (Fsp3) is 0.440. The van der Waals surface area contributed by atoms with Crippen LogP contribution in [0.3, 0.4) is 0 Å². The summed E-state index contributed by atoms with van der Waals surface area (Å²) in [5.41, 5.74) is -0.242. The van der Waals surface area contributed by atoms with Crippen LogP contribution in [0.15, 0.2) is 53.5 Å². The van der Waals surface area contributed by atoms with Crippen LogP contribution in [0.5, 0.6) is 0 Å². The summed E-state index contributed by atoms with van der Waals surface area (Å²) in [7, 11) is 3.71. The van der Waals surface area contributed by atoms with Crippen LogP contribution in [0, 0.1) is 11.6 Å². The molecule has 32 heavy (non-hydrogen) atoms. The molecular weight excluding hydrogens is 410 g/mol. The van der Waals surface area contributed by atoms with Crippen molar-refractivity contribution in [1.82, 2.24) is 14.7 Å². The van der Waals surface area contributed by atoms with Crippen LogP contribution >= 0.6 is 0 Å². The number of amides is 1. The SMILES string of the molecule is CN(C)C1=NC(c2ccc(F)cc2)(c2ccc(F)cc2)C(=O)N1CCCN1CCCCC1. The third-order valence-electron chi connectivity index (χ3n) is 6.29. The first-order chi connectivity index (χ1) is 15.4. The van der Waals surface area contributed by atoms with Crippen LogP contribution in [-0.2, 0) is 10.3 Å². The van der Waals surface area contributed by atoms with Gasteiger partial charge in [0.25, 0.3) is 5.91 Å². The van der Waals surface area contributed by atoms with Gasteiger partial charge in [0.1, 0.15) is 11.6 Å². The molecule has 1 fully saturated rings. The normalized spacial score (nSPS) is 18.7. The lowest BCUT2D eigenvalue weighted by Gasteiger charge is -2.30. The number of piperidine rings is 1. The van der Waals surface area contributed by atoms with Crippen LogP contribution in [0.25, 0.3) is 0 Å². The standard InChI is InChI=1S/C25H30F2N4O/c1-29(2)24-28-25(19-7-11-21(26)12-8-19,20-9-13-22(27)14-10-20)23(32)31(24)18-6-17-30-15-4-3-5-16-30/h7-14H,3-6,15-18H2,1-2H3. The Bertz CT molecular complexity index is 921. The minimum Gasteiger partial charge on any atom is -0.349 e. The Morgan fingerprint density at radius 3 is 1.91 bits per heavy atom. The molecule has 0 N–H and O–H groups in total. The van der Waals surface area contributed by atoms with Crippen molar-refractivity contribution in [1.29, 1.82) is 0 Å². The lowest BCUT2D eigenvalue weighted by molar-refractivity contribution is -0.130. The van der Waals surface area contributed by atoms with E-state index in [2.05, 4.69) is 4.90 Å². The van der Waals surface area contributed by atoms with Gasteiger partial charge in [-0.3, -0.25) is 9.69 Å². The summed E-state index contributed by atoms with van der Waals surface area (Å²) < 4.78 is 27.4. The molecule has 5 nitrogen and oxygen atoms in total. The van der Waals surface area contributed by atoms with E-state index in [0.29, 0.717) is 23.6 Å². The van der Waals surface area contributed by atoms with E-state index < -0.39 is 5.54 Å². The summed E-state index contributed by atoms with van der Waals surface area (Å²) in [5, 5.41) is 0. The minimum absolute atomic E-state index is 0.196. The Kier molecular flexibility index (Phi) is 6.55. The monoisotopic (exact) mass is 440 g/mol. The van der Waals surface area contributed by atoms with Gasteiger partial charge in [-0.2, -0.15) is 0 Å². The third-order valence-corrected chi connectivity index (χ3v) is 6.29. The first kappa shape index (κ1) is 22.4. The van der Waals surface area contributed by atoms with Crippen LogP contribution in [0.2, 0.25) is 0 Å². The van der Waals surface area contributed by atoms with Gasteiger partial charge in [-0.05, 0) is 74.3 Å². The lowest BCUT2D eigenvalue weighted by atomic mass is 9.82. The molecule has 2 heterocycles. The van der Waals surface area contributed by atoms with Crippen LogP contribution in [0.1, 0.15) is 36.8 Å². The van der Waals surface area contributed by atoms with Crippen LogP contribution < -0.4 is 0 Å². The molecule has 0 bridgehead atoms. The van der Waals surface area contributed by atoms with Crippen molar-refractivity contribution in [3.63, 3.8) is 0 Å². The number of hydrogen-bond donors (Lipinski definition) is 0. The molecular formula is C25H30F2N4O. The average molecular weight is 441 g/mol. The number of rotatable bonds is 6. The maximum atomic E-state index is 14.0. The molecule has 2 aliphatic rings. The molecule has 2 aromatic carbocycles. The predicted octanol–water partition coefficient (Wildman–Crippen LogP) is 3.84. The molecule has 1 saturated heterocycles. The van der Waals surface area contributed by atoms with Crippen molar-refractivity contribution < 1.29 is 13.6 Å². The summed E-state index contributed by atoms with van der Waals surface area (Å²) >= 11 is 0. The topological polar surface area (TPSA) is 39.2 Å². The molecule has 1 amide bonds. The van der Waals surface area contributed by atoms with E-state index in [9.17, 15) is 13.6 Å². The molecule has 0 spiro atoms. The molecule has 0 radical (unpaired) electrons. The van der Waals surface area contributed by atoms with Gasteiger partial charge in [0.15, 0.2) is 5.54 Å². The number of aliphatic imine (C=N–C) groups is 1. The quantitative estimate of drug-likeness (QED) is 0.685. The molecule has 0 aliphatic carbocycles. The van der Waals surface area contributed by atoms with E-state index in [1.54, 1.807) is 29.2 Å². The average Bonchev–Trinajstić information content (AvgIpc) is 3.09. The van der Waals surface area contributed by atoms with Crippen molar-refractivity contribution in [2.75, 3.05) is 40.3 Å². The molecule has 4 rings (SSSR count). The Morgan fingerprint density at radius 1 is 0.875 bits per heavy atom. The number of halogens is 2. The van der Waals surface area contributed by atoms with E-state index >= 15 is 0 Å². The Balaban J connectivity index is 1.68. The maximum absolute atomic E-state index is 14.0. The fourth-order valence-electron chi connectivity index (χ4n) is 4.65. The second-order valence-corrected chi connectivity index (χ2v) is 8.74. The highest BCUT2D eigenvalue weighted by Gasteiger charge is 2.51. The van der Waals surface area contributed by atoms with Crippen molar-refractivity contribution in [3.05, 3.63) is 71.3 Å². The molecule has 0 atom stereocenters. The first-order valence-corrected chi connectivity index (χ1v) is 11.3. The van der Waals surface area contributed by atoms with E-state index in [4.69, 9.17) is 4.99 Å². The summed E-state index contributed by atoms with van der Waals surface area (Å²) in [6, 6.07) is 11.7. The highest BCUT2D eigenvalue weighted by molar-refractivity contribution is 6.09. The second-order valence-electron chi connectivity index (χ2n) is 8.74. The predicted molar refractivity (Wildman–Crippen MR) is 121 cm³/mol. The van der Waals surface area contributed by atoms with Gasteiger partial charge in [-0.25, -0.2) is 13.8 Å².